The van der Waals surface area contributed by atoms with Crippen molar-refractivity contribution in [1.29, 1.82) is 0 Å². The van der Waals surface area contributed by atoms with Crippen molar-refractivity contribution in [2.45, 2.75) is 51.4 Å². The molecule has 16 heavy (non-hydrogen) atoms. The minimum Gasteiger partial charge on any atom is -0.388 e. The molecule has 1 rings (SSSR count). The van der Waals surface area contributed by atoms with E-state index in [4.69, 9.17) is 11.5 Å². The second kappa shape index (κ2) is 6.83. The number of amidine groups is 1. The van der Waals surface area contributed by atoms with Crippen LogP contribution in [0.4, 0.5) is 0 Å². The van der Waals surface area contributed by atoms with Gasteiger partial charge in [0.1, 0.15) is 0 Å². The highest BCUT2D eigenvalue weighted by molar-refractivity contribution is 5.77. The van der Waals surface area contributed by atoms with Crippen molar-refractivity contribution in [2.75, 3.05) is 13.1 Å². The second-order valence-corrected chi connectivity index (χ2v) is 4.63. The van der Waals surface area contributed by atoms with Gasteiger partial charge in [-0.3, -0.25) is 10.3 Å². The van der Waals surface area contributed by atoms with E-state index in [1.165, 1.54) is 6.42 Å². The predicted molar refractivity (Wildman–Crippen MR) is 68.4 cm³/mol. The van der Waals surface area contributed by atoms with Crippen LogP contribution in [-0.4, -0.2) is 37.2 Å². The molecule has 0 bridgehead atoms. The van der Waals surface area contributed by atoms with Gasteiger partial charge in [-0.2, -0.15) is 0 Å². The molecule has 0 saturated carbocycles. The first kappa shape index (κ1) is 13.4. The Hall–Kier alpha value is -0.650. The number of nitrogens with two attached hydrogens (primary N) is 2. The first-order chi connectivity index (χ1) is 7.59. The van der Waals surface area contributed by atoms with Crippen LogP contribution in [0, 0.1) is 0 Å². The standard InChI is InChI=1S/C11H25N5/c1-8-11(16-8)14-6-4-3-5-10(13)7-15-9(2)12/h8,10-11,14,16H,3-7,13H2,1-2H3,(H2,12,15)/t8?,10-,11?/m0/s1. The zero-order valence-electron chi connectivity index (χ0n) is 10.4. The number of hydrogen-bond donors (Lipinski definition) is 4. The highest BCUT2D eigenvalue weighted by Crippen LogP contribution is 2.05. The summed E-state index contributed by atoms with van der Waals surface area (Å²) < 4.78 is 0. The molecule has 1 fully saturated rings. The predicted octanol–water partition coefficient (Wildman–Crippen LogP) is -0.231. The van der Waals surface area contributed by atoms with E-state index in [-0.39, 0.29) is 6.04 Å². The largest absolute Gasteiger partial charge is 0.388 e. The van der Waals surface area contributed by atoms with E-state index in [2.05, 4.69) is 22.5 Å². The van der Waals surface area contributed by atoms with Crippen molar-refractivity contribution in [2.24, 2.45) is 16.5 Å². The van der Waals surface area contributed by atoms with E-state index in [0.717, 1.165) is 19.4 Å². The molecular formula is C11H25N5. The number of rotatable bonds is 8. The highest BCUT2D eigenvalue weighted by Gasteiger charge is 2.29. The molecule has 1 heterocycles. The topological polar surface area (TPSA) is 98.4 Å². The molecule has 5 heteroatoms. The van der Waals surface area contributed by atoms with E-state index >= 15 is 0 Å². The number of hydrogen-bond acceptors (Lipinski definition) is 4. The van der Waals surface area contributed by atoms with Gasteiger partial charge in [0.25, 0.3) is 0 Å². The summed E-state index contributed by atoms with van der Waals surface area (Å²) in [5.41, 5.74) is 11.4. The molecule has 5 nitrogen and oxygen atoms in total. The van der Waals surface area contributed by atoms with Gasteiger partial charge in [-0.15, -0.1) is 0 Å². The Labute approximate surface area is 98.1 Å². The van der Waals surface area contributed by atoms with Gasteiger partial charge in [0.05, 0.1) is 18.5 Å². The Bertz CT molecular complexity index is 224. The minimum atomic E-state index is 0.150. The summed E-state index contributed by atoms with van der Waals surface area (Å²) in [5, 5.41) is 6.73. The third kappa shape index (κ3) is 6.05. The molecule has 0 amide bonds. The summed E-state index contributed by atoms with van der Waals surface area (Å²) in [6.45, 7) is 5.69. The minimum absolute atomic E-state index is 0.150. The highest BCUT2D eigenvalue weighted by atomic mass is 15.3. The molecule has 1 saturated heterocycles. The average molecular weight is 227 g/mol. The quantitative estimate of drug-likeness (QED) is 0.199. The van der Waals surface area contributed by atoms with Crippen LogP contribution >= 0.6 is 0 Å². The van der Waals surface area contributed by atoms with Crippen LogP contribution in [0.25, 0.3) is 0 Å². The van der Waals surface area contributed by atoms with Crippen LogP contribution in [0.5, 0.6) is 0 Å². The van der Waals surface area contributed by atoms with Crippen LogP contribution in [0.2, 0.25) is 0 Å². The van der Waals surface area contributed by atoms with E-state index in [0.29, 0.717) is 24.6 Å². The Morgan fingerprint density at radius 2 is 2.19 bits per heavy atom. The molecule has 3 atom stereocenters. The lowest BCUT2D eigenvalue weighted by Gasteiger charge is -2.08. The molecular weight excluding hydrogens is 202 g/mol. The van der Waals surface area contributed by atoms with Gasteiger partial charge in [-0.05, 0) is 33.2 Å². The molecule has 2 unspecified atom stereocenters. The Morgan fingerprint density at radius 3 is 2.75 bits per heavy atom. The maximum atomic E-state index is 5.90. The lowest BCUT2D eigenvalue weighted by Crippen LogP contribution is -2.26. The van der Waals surface area contributed by atoms with Crippen molar-refractivity contribution in [3.8, 4) is 0 Å². The first-order valence-electron chi connectivity index (χ1n) is 6.11. The Kier molecular flexibility index (Phi) is 5.73. The fraction of sp³-hybridized carbons (Fsp3) is 0.909. The van der Waals surface area contributed by atoms with Gasteiger partial charge in [0, 0.05) is 12.1 Å². The normalized spacial score (nSPS) is 26.8. The van der Waals surface area contributed by atoms with Gasteiger partial charge in [0.15, 0.2) is 0 Å². The second-order valence-electron chi connectivity index (χ2n) is 4.63. The Morgan fingerprint density at radius 1 is 1.50 bits per heavy atom. The van der Waals surface area contributed by atoms with Crippen LogP contribution in [-0.2, 0) is 0 Å². The van der Waals surface area contributed by atoms with Crippen molar-refractivity contribution >= 4 is 5.84 Å². The summed E-state index contributed by atoms with van der Waals surface area (Å²) in [4.78, 5) is 4.12. The maximum absolute atomic E-state index is 5.90. The number of nitrogens with one attached hydrogen (secondary N) is 2. The maximum Gasteiger partial charge on any atom is 0.0906 e. The molecule has 1 aliphatic rings. The van der Waals surface area contributed by atoms with Crippen molar-refractivity contribution < 1.29 is 0 Å². The van der Waals surface area contributed by atoms with Crippen LogP contribution in [0.1, 0.15) is 33.1 Å². The van der Waals surface area contributed by atoms with Crippen molar-refractivity contribution in [3.63, 3.8) is 0 Å². The molecule has 0 aromatic heterocycles. The molecule has 6 N–H and O–H groups in total. The monoisotopic (exact) mass is 227 g/mol. The van der Waals surface area contributed by atoms with Crippen molar-refractivity contribution in [3.05, 3.63) is 0 Å². The summed E-state index contributed by atoms with van der Waals surface area (Å²) in [5.74, 6) is 0.617. The molecule has 0 aromatic rings. The van der Waals surface area contributed by atoms with Gasteiger partial charge in [-0.25, -0.2) is 0 Å². The summed E-state index contributed by atoms with van der Waals surface area (Å²) in [6, 6.07) is 0.792. The van der Waals surface area contributed by atoms with Crippen LogP contribution in [0.3, 0.4) is 0 Å². The molecule has 0 aromatic carbocycles. The third-order valence-electron chi connectivity index (χ3n) is 2.77. The molecule has 0 aliphatic carbocycles. The zero-order chi connectivity index (χ0) is 12.0. The Balaban J connectivity index is 1.88. The van der Waals surface area contributed by atoms with E-state index in [9.17, 15) is 0 Å². The molecule has 0 radical (unpaired) electrons. The van der Waals surface area contributed by atoms with Crippen molar-refractivity contribution in [1.82, 2.24) is 10.6 Å². The fourth-order valence-electron chi connectivity index (χ4n) is 1.60. The van der Waals surface area contributed by atoms with Gasteiger partial charge in [-0.1, -0.05) is 6.42 Å². The average Bonchev–Trinajstić information content (AvgIpc) is 2.91. The summed E-state index contributed by atoms with van der Waals surface area (Å²) in [7, 11) is 0. The van der Waals surface area contributed by atoms with Crippen LogP contribution < -0.4 is 22.1 Å². The summed E-state index contributed by atoms with van der Waals surface area (Å²) in [6.07, 6.45) is 3.88. The molecule has 1 aliphatic heterocycles. The zero-order valence-corrected chi connectivity index (χ0v) is 10.4. The third-order valence-corrected chi connectivity index (χ3v) is 2.77. The lowest BCUT2D eigenvalue weighted by molar-refractivity contribution is 0.542. The SMILES string of the molecule is CC(N)=NC[C@@H](N)CCCCNC1NC1C. The fourth-order valence-corrected chi connectivity index (χ4v) is 1.60. The van der Waals surface area contributed by atoms with E-state index in [1.807, 2.05) is 0 Å². The van der Waals surface area contributed by atoms with Crippen LogP contribution in [0.15, 0.2) is 4.99 Å². The lowest BCUT2D eigenvalue weighted by atomic mass is 10.1. The van der Waals surface area contributed by atoms with E-state index in [1.54, 1.807) is 6.92 Å². The number of nitrogens with zero attached hydrogens (tertiary/aromatic N) is 1. The van der Waals surface area contributed by atoms with E-state index < -0.39 is 0 Å². The summed E-state index contributed by atoms with van der Waals surface area (Å²) >= 11 is 0. The number of aliphatic imine (C=N–C) groups is 1. The van der Waals surface area contributed by atoms with Gasteiger partial charge >= 0.3 is 0 Å². The first-order valence-corrected chi connectivity index (χ1v) is 6.11. The smallest absolute Gasteiger partial charge is 0.0906 e. The molecule has 94 valence electrons. The molecule has 0 spiro atoms. The van der Waals surface area contributed by atoms with Gasteiger partial charge in [0.2, 0.25) is 0 Å². The van der Waals surface area contributed by atoms with Gasteiger partial charge < -0.3 is 16.8 Å². The number of unbranched alkanes of at least 4 members (excludes halogenated alkanes) is 1.